The van der Waals surface area contributed by atoms with Crippen molar-refractivity contribution in [3.8, 4) is 0 Å². The minimum absolute atomic E-state index is 0.222. The molecule has 0 spiro atoms. The van der Waals surface area contributed by atoms with Crippen molar-refractivity contribution in [2.75, 3.05) is 20.7 Å². The third-order valence-corrected chi connectivity index (χ3v) is 3.73. The highest BCUT2D eigenvalue weighted by Crippen LogP contribution is 2.15. The molecule has 0 amide bonds. The Morgan fingerprint density at radius 3 is 2.50 bits per heavy atom. The Morgan fingerprint density at radius 2 is 1.82 bits per heavy atom. The largest absolute Gasteiger partial charge is 0.377 e. The average Bonchev–Trinajstić information content (AvgIpc) is 2.55. The SMILES string of the molecule is CN=C(NCc1ccc2ccccc2c1)NCC(C)(C)OC. The Hall–Kier alpha value is -2.07. The number of nitrogens with one attached hydrogen (secondary N) is 2. The monoisotopic (exact) mass is 299 g/mol. The van der Waals surface area contributed by atoms with Crippen molar-refractivity contribution in [3.05, 3.63) is 48.0 Å². The summed E-state index contributed by atoms with van der Waals surface area (Å²) in [7, 11) is 3.49. The molecule has 0 unspecified atom stereocenters. The predicted octanol–water partition coefficient (Wildman–Crippen LogP) is 2.93. The van der Waals surface area contributed by atoms with E-state index in [2.05, 4.69) is 58.1 Å². The number of benzene rings is 2. The summed E-state index contributed by atoms with van der Waals surface area (Å²) in [5, 5.41) is 9.13. The van der Waals surface area contributed by atoms with Crippen LogP contribution >= 0.6 is 0 Å². The van der Waals surface area contributed by atoms with E-state index in [1.54, 1.807) is 14.2 Å². The van der Waals surface area contributed by atoms with E-state index in [0.717, 1.165) is 12.5 Å². The molecule has 4 heteroatoms. The molecular formula is C18H25N3O. The molecule has 0 atom stereocenters. The van der Waals surface area contributed by atoms with Gasteiger partial charge in [-0.15, -0.1) is 0 Å². The second-order valence-corrected chi connectivity index (χ2v) is 5.92. The number of guanidine groups is 1. The van der Waals surface area contributed by atoms with Crippen LogP contribution in [0.3, 0.4) is 0 Å². The van der Waals surface area contributed by atoms with Gasteiger partial charge in [0.25, 0.3) is 0 Å². The van der Waals surface area contributed by atoms with Gasteiger partial charge in [0, 0.05) is 27.2 Å². The maximum Gasteiger partial charge on any atom is 0.191 e. The first-order valence-electron chi connectivity index (χ1n) is 7.51. The summed E-state index contributed by atoms with van der Waals surface area (Å²) in [5.74, 6) is 0.776. The van der Waals surface area contributed by atoms with Gasteiger partial charge in [-0.2, -0.15) is 0 Å². The standard InChI is InChI=1S/C18H25N3O/c1-18(2,22-4)13-21-17(19-3)20-12-14-9-10-15-7-5-6-8-16(15)11-14/h5-11H,12-13H2,1-4H3,(H2,19,20,21). The molecule has 2 rings (SSSR count). The third-order valence-electron chi connectivity index (χ3n) is 3.73. The van der Waals surface area contributed by atoms with Gasteiger partial charge in [-0.1, -0.05) is 36.4 Å². The normalized spacial score (nSPS) is 12.5. The van der Waals surface area contributed by atoms with E-state index in [1.807, 2.05) is 13.8 Å². The van der Waals surface area contributed by atoms with Crippen molar-refractivity contribution in [2.45, 2.75) is 26.0 Å². The predicted molar refractivity (Wildman–Crippen MR) is 93.2 cm³/mol. The lowest BCUT2D eigenvalue weighted by atomic mass is 10.1. The van der Waals surface area contributed by atoms with Gasteiger partial charge in [-0.25, -0.2) is 0 Å². The van der Waals surface area contributed by atoms with Gasteiger partial charge in [-0.05, 0) is 36.2 Å². The lowest BCUT2D eigenvalue weighted by Gasteiger charge is -2.24. The number of ether oxygens (including phenoxy) is 1. The smallest absolute Gasteiger partial charge is 0.191 e. The minimum Gasteiger partial charge on any atom is -0.377 e. The van der Waals surface area contributed by atoms with Crippen molar-refractivity contribution >= 4 is 16.7 Å². The zero-order valence-electron chi connectivity index (χ0n) is 13.8. The second-order valence-electron chi connectivity index (χ2n) is 5.92. The van der Waals surface area contributed by atoms with E-state index in [1.165, 1.54) is 16.3 Å². The van der Waals surface area contributed by atoms with Crippen LogP contribution in [0.25, 0.3) is 10.8 Å². The van der Waals surface area contributed by atoms with Crippen molar-refractivity contribution in [1.29, 1.82) is 0 Å². The second kappa shape index (κ2) is 7.27. The molecule has 2 aromatic carbocycles. The summed E-state index contributed by atoms with van der Waals surface area (Å²) in [4.78, 5) is 4.24. The third kappa shape index (κ3) is 4.46. The quantitative estimate of drug-likeness (QED) is 0.659. The van der Waals surface area contributed by atoms with Crippen LogP contribution in [-0.2, 0) is 11.3 Å². The van der Waals surface area contributed by atoms with Crippen LogP contribution in [0.15, 0.2) is 47.5 Å². The number of methoxy groups -OCH3 is 1. The average molecular weight is 299 g/mol. The lowest BCUT2D eigenvalue weighted by molar-refractivity contribution is 0.0268. The van der Waals surface area contributed by atoms with Crippen LogP contribution in [0.4, 0.5) is 0 Å². The van der Waals surface area contributed by atoms with E-state index in [9.17, 15) is 0 Å². The zero-order chi connectivity index (χ0) is 16.0. The van der Waals surface area contributed by atoms with Gasteiger partial charge in [0.1, 0.15) is 0 Å². The number of rotatable bonds is 5. The Morgan fingerprint density at radius 1 is 1.09 bits per heavy atom. The highest BCUT2D eigenvalue weighted by Gasteiger charge is 2.16. The summed E-state index contributed by atoms with van der Waals surface area (Å²) < 4.78 is 5.40. The zero-order valence-corrected chi connectivity index (χ0v) is 13.8. The summed E-state index contributed by atoms with van der Waals surface area (Å²) in [6.07, 6.45) is 0. The fourth-order valence-electron chi connectivity index (χ4n) is 2.12. The van der Waals surface area contributed by atoms with Crippen molar-refractivity contribution in [1.82, 2.24) is 10.6 Å². The molecule has 0 aliphatic heterocycles. The molecule has 4 nitrogen and oxygen atoms in total. The van der Waals surface area contributed by atoms with Gasteiger partial charge in [0.2, 0.25) is 0 Å². The Balaban J connectivity index is 1.94. The van der Waals surface area contributed by atoms with Crippen molar-refractivity contribution in [2.24, 2.45) is 4.99 Å². The first-order valence-corrected chi connectivity index (χ1v) is 7.51. The summed E-state index contributed by atoms with van der Waals surface area (Å²) in [5.41, 5.74) is 1.01. The summed E-state index contributed by atoms with van der Waals surface area (Å²) in [6, 6.07) is 14.9. The maximum atomic E-state index is 5.40. The molecule has 0 saturated heterocycles. The molecule has 0 fully saturated rings. The number of fused-ring (bicyclic) bond motifs is 1. The van der Waals surface area contributed by atoms with Crippen molar-refractivity contribution in [3.63, 3.8) is 0 Å². The molecule has 0 saturated carbocycles. The molecule has 2 N–H and O–H groups in total. The van der Waals surface area contributed by atoms with Crippen LogP contribution < -0.4 is 10.6 Å². The molecule has 0 aromatic heterocycles. The van der Waals surface area contributed by atoms with Gasteiger partial charge in [-0.3, -0.25) is 4.99 Å². The molecule has 22 heavy (non-hydrogen) atoms. The van der Waals surface area contributed by atoms with Crippen LogP contribution in [0.2, 0.25) is 0 Å². The highest BCUT2D eigenvalue weighted by atomic mass is 16.5. The van der Waals surface area contributed by atoms with Crippen molar-refractivity contribution < 1.29 is 4.74 Å². The molecule has 2 aromatic rings. The lowest BCUT2D eigenvalue weighted by Crippen LogP contribution is -2.45. The summed E-state index contributed by atoms with van der Waals surface area (Å²) >= 11 is 0. The fourth-order valence-corrected chi connectivity index (χ4v) is 2.12. The molecular weight excluding hydrogens is 274 g/mol. The van der Waals surface area contributed by atoms with Gasteiger partial charge >= 0.3 is 0 Å². The minimum atomic E-state index is -0.222. The number of aliphatic imine (C=N–C) groups is 1. The number of hydrogen-bond acceptors (Lipinski definition) is 2. The van der Waals surface area contributed by atoms with E-state index < -0.39 is 0 Å². The van der Waals surface area contributed by atoms with Crippen LogP contribution in [0, 0.1) is 0 Å². The Kier molecular flexibility index (Phi) is 5.39. The van der Waals surface area contributed by atoms with Gasteiger partial charge in [0.15, 0.2) is 5.96 Å². The van der Waals surface area contributed by atoms with E-state index in [0.29, 0.717) is 6.54 Å². The molecule has 0 heterocycles. The first-order chi connectivity index (χ1) is 10.5. The number of nitrogens with zero attached hydrogens (tertiary/aromatic N) is 1. The van der Waals surface area contributed by atoms with E-state index in [-0.39, 0.29) is 5.60 Å². The van der Waals surface area contributed by atoms with Gasteiger partial charge in [0.05, 0.1) is 5.60 Å². The van der Waals surface area contributed by atoms with E-state index >= 15 is 0 Å². The molecule has 118 valence electrons. The molecule has 0 aliphatic rings. The van der Waals surface area contributed by atoms with Gasteiger partial charge < -0.3 is 15.4 Å². The van der Waals surface area contributed by atoms with Crippen LogP contribution in [0.1, 0.15) is 19.4 Å². The Bertz CT molecular complexity index is 650. The van der Waals surface area contributed by atoms with Crippen LogP contribution in [-0.4, -0.2) is 32.3 Å². The fraction of sp³-hybridized carbons (Fsp3) is 0.389. The molecule has 0 bridgehead atoms. The summed E-state index contributed by atoms with van der Waals surface area (Å²) in [6.45, 7) is 5.51. The Labute approximate surface area is 132 Å². The number of hydrogen-bond donors (Lipinski definition) is 2. The van der Waals surface area contributed by atoms with E-state index in [4.69, 9.17) is 4.74 Å². The van der Waals surface area contributed by atoms with Crippen LogP contribution in [0.5, 0.6) is 0 Å². The highest BCUT2D eigenvalue weighted by molar-refractivity contribution is 5.83. The topological polar surface area (TPSA) is 45.7 Å². The first kappa shape index (κ1) is 16.3. The molecule has 0 aliphatic carbocycles. The molecule has 0 radical (unpaired) electrons. The maximum absolute atomic E-state index is 5.40.